The van der Waals surface area contributed by atoms with Gasteiger partial charge in [0.1, 0.15) is 5.84 Å². The predicted molar refractivity (Wildman–Crippen MR) is 179 cm³/mol. The van der Waals surface area contributed by atoms with Crippen LogP contribution in [0.25, 0.3) is 49.9 Å². The van der Waals surface area contributed by atoms with E-state index in [0.29, 0.717) is 5.56 Å². The fourth-order valence-corrected chi connectivity index (χ4v) is 6.90. The largest absolute Gasteiger partial charge is 0.309 e. The Morgan fingerprint density at radius 2 is 1.44 bits per heavy atom. The van der Waals surface area contributed by atoms with Crippen LogP contribution >= 0.6 is 11.9 Å². The van der Waals surface area contributed by atoms with Gasteiger partial charge in [0.05, 0.1) is 28.4 Å². The van der Waals surface area contributed by atoms with Crippen LogP contribution in [-0.4, -0.2) is 14.7 Å². The van der Waals surface area contributed by atoms with Crippen LogP contribution in [-0.2, 0) is 0 Å². The molecule has 1 aromatic heterocycles. The van der Waals surface area contributed by atoms with Gasteiger partial charge in [0.25, 0.3) is 0 Å². The van der Waals surface area contributed by atoms with Crippen molar-refractivity contribution in [2.75, 3.05) is 0 Å². The molecule has 0 fully saturated rings. The molecule has 2 aliphatic heterocycles. The summed E-state index contributed by atoms with van der Waals surface area (Å²) in [5, 5.41) is 11.8. The molecule has 0 unspecified atom stereocenters. The Labute approximate surface area is 254 Å². The van der Waals surface area contributed by atoms with Crippen LogP contribution < -0.4 is 0 Å². The van der Waals surface area contributed by atoms with Gasteiger partial charge in [-0.2, -0.15) is 5.26 Å². The Morgan fingerprint density at radius 1 is 0.698 bits per heavy atom. The molecule has 0 atom stereocenters. The maximum Gasteiger partial charge on any atom is 0.143 e. The van der Waals surface area contributed by atoms with Gasteiger partial charge in [0.15, 0.2) is 0 Å². The van der Waals surface area contributed by atoms with Crippen LogP contribution in [0.1, 0.15) is 16.7 Å². The molecule has 0 amide bonds. The Kier molecular flexibility index (Phi) is 5.89. The molecule has 3 heterocycles. The lowest BCUT2D eigenvalue weighted by molar-refractivity contribution is 0.932. The summed E-state index contributed by atoms with van der Waals surface area (Å²) >= 11 is 1.66. The summed E-state index contributed by atoms with van der Waals surface area (Å²) in [5.74, 6) is 0.864. The van der Waals surface area contributed by atoms with Gasteiger partial charge in [0, 0.05) is 33.1 Å². The van der Waals surface area contributed by atoms with Crippen LogP contribution in [0.2, 0.25) is 0 Å². The van der Waals surface area contributed by atoms with Gasteiger partial charge >= 0.3 is 0 Å². The molecule has 0 saturated heterocycles. The number of allylic oxidation sites excluding steroid dienone is 2. The Morgan fingerprint density at radius 3 is 2.30 bits per heavy atom. The molecule has 0 aliphatic carbocycles. The van der Waals surface area contributed by atoms with E-state index in [0.717, 1.165) is 71.7 Å². The molecular formula is C38H24N4S. The lowest BCUT2D eigenvalue weighted by atomic mass is 9.97. The standard InChI is InChI=1S/C38H24N4S/c1-25-32-12-5-6-13-37(32)43-41-24-30(16-19-38(41)40-25)28-9-7-8-27(21-28)29-15-18-36-34(22-29)33-20-26(23-39)14-17-35(33)42(36)31-10-3-2-4-11-31/h2-22,24H,1H2. The molecule has 2 aliphatic rings. The summed E-state index contributed by atoms with van der Waals surface area (Å²) < 4.78 is 4.39. The Bertz CT molecular complexity index is 2250. The van der Waals surface area contributed by atoms with Crippen LogP contribution in [0.5, 0.6) is 0 Å². The third-order valence-corrected chi connectivity index (χ3v) is 9.02. The van der Waals surface area contributed by atoms with E-state index in [1.807, 2.05) is 30.3 Å². The molecular weight excluding hydrogens is 545 g/mol. The predicted octanol–water partition coefficient (Wildman–Crippen LogP) is 9.63. The molecule has 0 spiro atoms. The highest BCUT2D eigenvalue weighted by molar-refractivity contribution is 7.97. The van der Waals surface area contributed by atoms with E-state index >= 15 is 0 Å². The van der Waals surface area contributed by atoms with E-state index in [1.54, 1.807) is 11.9 Å². The van der Waals surface area contributed by atoms with Crippen molar-refractivity contribution in [3.63, 3.8) is 0 Å². The molecule has 202 valence electrons. The average molecular weight is 569 g/mol. The number of hydrogen-bond donors (Lipinski definition) is 0. The molecule has 0 bridgehead atoms. The SMILES string of the molecule is C=C1N=C2C=CC(c3cccc(-c4ccc5c(c4)c4cc(C#N)ccc4n5-c4ccccc4)c3)=CN2Sc2ccccc21. The van der Waals surface area contributed by atoms with Crippen molar-refractivity contribution in [3.05, 3.63) is 157 Å². The topological polar surface area (TPSA) is 44.3 Å². The summed E-state index contributed by atoms with van der Waals surface area (Å²) in [7, 11) is 0. The number of fused-ring (bicyclic) bond motifs is 5. The molecule has 5 aromatic carbocycles. The van der Waals surface area contributed by atoms with Crippen molar-refractivity contribution in [1.29, 1.82) is 5.26 Å². The number of hydrogen-bond acceptors (Lipinski definition) is 4. The fourth-order valence-electron chi connectivity index (χ4n) is 5.90. The molecule has 0 N–H and O–H groups in total. The summed E-state index contributed by atoms with van der Waals surface area (Å²) in [5.41, 5.74) is 10.3. The van der Waals surface area contributed by atoms with Crippen molar-refractivity contribution in [1.82, 2.24) is 8.87 Å². The molecule has 4 nitrogen and oxygen atoms in total. The first kappa shape index (κ1) is 25.2. The third-order valence-electron chi connectivity index (χ3n) is 7.98. The molecule has 5 heteroatoms. The van der Waals surface area contributed by atoms with Gasteiger partial charge in [0.2, 0.25) is 0 Å². The number of rotatable bonds is 3. The molecule has 0 radical (unpaired) electrons. The summed E-state index contributed by atoms with van der Waals surface area (Å²) in [6, 6.07) is 42.2. The number of aromatic nitrogens is 1. The first-order valence-corrected chi connectivity index (χ1v) is 14.8. The monoisotopic (exact) mass is 568 g/mol. The second-order valence-electron chi connectivity index (χ2n) is 10.6. The molecule has 0 saturated carbocycles. The lowest BCUT2D eigenvalue weighted by Gasteiger charge is -2.22. The van der Waals surface area contributed by atoms with Crippen molar-refractivity contribution in [2.24, 2.45) is 4.99 Å². The highest BCUT2D eigenvalue weighted by Crippen LogP contribution is 2.39. The van der Waals surface area contributed by atoms with Gasteiger partial charge < -0.3 is 4.57 Å². The average Bonchev–Trinajstić information content (AvgIpc) is 3.30. The van der Waals surface area contributed by atoms with Crippen molar-refractivity contribution >= 4 is 50.9 Å². The number of benzene rings is 5. The summed E-state index contributed by atoms with van der Waals surface area (Å²) in [6.07, 6.45) is 6.33. The van der Waals surface area contributed by atoms with Crippen LogP contribution in [0, 0.1) is 11.3 Å². The highest BCUT2D eigenvalue weighted by atomic mass is 32.2. The second-order valence-corrected chi connectivity index (χ2v) is 11.6. The Hall–Kier alpha value is -5.57. The lowest BCUT2D eigenvalue weighted by Crippen LogP contribution is -2.18. The molecule has 43 heavy (non-hydrogen) atoms. The minimum Gasteiger partial charge on any atom is -0.309 e. The number of amidine groups is 1. The maximum atomic E-state index is 9.65. The molecule has 6 aromatic rings. The van der Waals surface area contributed by atoms with Crippen molar-refractivity contribution < 1.29 is 0 Å². The zero-order chi connectivity index (χ0) is 28.9. The quantitative estimate of drug-likeness (QED) is 0.200. The van der Waals surface area contributed by atoms with Gasteiger partial charge in [-0.15, -0.1) is 0 Å². The fraction of sp³-hybridized carbons (Fsp3) is 0. The number of nitrogens with zero attached hydrogens (tertiary/aromatic N) is 4. The normalized spacial score (nSPS) is 14.1. The van der Waals surface area contributed by atoms with Crippen LogP contribution in [0.15, 0.2) is 150 Å². The van der Waals surface area contributed by atoms with Crippen LogP contribution in [0.3, 0.4) is 0 Å². The highest BCUT2D eigenvalue weighted by Gasteiger charge is 2.21. The minimum atomic E-state index is 0.656. The van der Waals surface area contributed by atoms with E-state index in [1.165, 1.54) is 0 Å². The van der Waals surface area contributed by atoms with E-state index < -0.39 is 0 Å². The number of aliphatic imine (C=N–C) groups is 1. The van der Waals surface area contributed by atoms with Gasteiger partial charge in [-0.3, -0.25) is 4.31 Å². The third kappa shape index (κ3) is 4.28. The zero-order valence-corrected chi connectivity index (χ0v) is 23.9. The van der Waals surface area contributed by atoms with E-state index in [4.69, 9.17) is 4.99 Å². The maximum absolute atomic E-state index is 9.65. The summed E-state index contributed by atoms with van der Waals surface area (Å²) in [6.45, 7) is 4.20. The smallest absolute Gasteiger partial charge is 0.143 e. The second kappa shape index (κ2) is 10.1. The van der Waals surface area contributed by atoms with Crippen LogP contribution in [0.4, 0.5) is 0 Å². The van der Waals surface area contributed by atoms with E-state index in [-0.39, 0.29) is 0 Å². The molecule has 8 rings (SSSR count). The first-order chi connectivity index (χ1) is 21.2. The van der Waals surface area contributed by atoms with Gasteiger partial charge in [-0.1, -0.05) is 67.2 Å². The summed E-state index contributed by atoms with van der Waals surface area (Å²) in [4.78, 5) is 5.93. The Balaban J connectivity index is 1.21. The van der Waals surface area contributed by atoms with Gasteiger partial charge in [-0.25, -0.2) is 4.99 Å². The van der Waals surface area contributed by atoms with Crippen molar-refractivity contribution in [3.8, 4) is 22.9 Å². The number of para-hydroxylation sites is 1. The van der Waals surface area contributed by atoms with Crippen molar-refractivity contribution in [2.45, 2.75) is 4.90 Å². The van der Waals surface area contributed by atoms with E-state index in [9.17, 15) is 5.26 Å². The minimum absolute atomic E-state index is 0.656. The van der Waals surface area contributed by atoms with E-state index in [2.05, 4.69) is 125 Å². The number of nitriles is 1. The zero-order valence-electron chi connectivity index (χ0n) is 23.1. The van der Waals surface area contributed by atoms with Gasteiger partial charge in [-0.05, 0) is 101 Å². The first-order valence-electron chi connectivity index (χ1n) is 14.0.